The molecule has 7 nitrogen and oxygen atoms in total. The highest BCUT2D eigenvalue weighted by atomic mass is 16.4. The molecule has 0 fully saturated rings. The van der Waals surface area contributed by atoms with Crippen molar-refractivity contribution in [3.63, 3.8) is 0 Å². The number of carbonyl (C=O) groups excluding carboxylic acids is 1. The van der Waals surface area contributed by atoms with Crippen LogP contribution in [0.4, 0.5) is 0 Å². The molecule has 0 saturated carbocycles. The first-order valence-corrected chi connectivity index (χ1v) is 11.8. The molecule has 1 aromatic carbocycles. The molecule has 1 aliphatic rings. The predicted molar refractivity (Wildman–Crippen MR) is 126 cm³/mol. The van der Waals surface area contributed by atoms with Crippen molar-refractivity contribution in [2.75, 3.05) is 0 Å². The first kappa shape index (κ1) is 23.1. The topological polar surface area (TPSA) is 110 Å². The minimum absolute atomic E-state index is 0.0232. The van der Waals surface area contributed by atoms with Crippen LogP contribution in [0.5, 0.6) is 0 Å². The molecule has 2 heterocycles. The first-order chi connectivity index (χ1) is 15.8. The number of hydrogen-bond donors (Lipinski definition) is 2. The number of amides is 1. The maximum atomic E-state index is 12.8. The minimum atomic E-state index is -1.04. The fourth-order valence-electron chi connectivity index (χ4n) is 4.88. The lowest BCUT2D eigenvalue weighted by atomic mass is 9.93. The third-order valence-electron chi connectivity index (χ3n) is 6.81. The summed E-state index contributed by atoms with van der Waals surface area (Å²) in [5, 5.41) is 13.8. The molecule has 33 heavy (non-hydrogen) atoms. The average molecular weight is 454 g/mol. The van der Waals surface area contributed by atoms with Crippen molar-refractivity contribution in [2.45, 2.75) is 84.6 Å². The summed E-state index contributed by atoms with van der Waals surface area (Å²) in [6.45, 7) is 5.76. The number of aryl methyl sites for hydroxylation is 4. The number of hydrogen-bond acceptors (Lipinski definition) is 5. The van der Waals surface area contributed by atoms with Crippen LogP contribution < -0.4 is 10.9 Å². The van der Waals surface area contributed by atoms with Gasteiger partial charge in [-0.2, -0.15) is 0 Å². The lowest BCUT2D eigenvalue weighted by Crippen LogP contribution is -2.40. The summed E-state index contributed by atoms with van der Waals surface area (Å²) < 4.78 is 11.8. The summed E-state index contributed by atoms with van der Waals surface area (Å²) in [6, 6.07) is 1.15. The van der Waals surface area contributed by atoms with E-state index in [-0.39, 0.29) is 18.7 Å². The maximum Gasteiger partial charge on any atom is 0.339 e. The van der Waals surface area contributed by atoms with Crippen LogP contribution >= 0.6 is 0 Å². The van der Waals surface area contributed by atoms with Gasteiger partial charge in [-0.1, -0.05) is 19.8 Å². The second-order valence-electron chi connectivity index (χ2n) is 9.06. The van der Waals surface area contributed by atoms with Crippen molar-refractivity contribution in [1.82, 2.24) is 5.32 Å². The van der Waals surface area contributed by atoms with Crippen molar-refractivity contribution in [1.29, 1.82) is 0 Å². The van der Waals surface area contributed by atoms with Crippen LogP contribution in [-0.4, -0.2) is 23.0 Å². The fraction of sp³-hybridized carbons (Fsp3) is 0.500. The Bertz CT molecular complexity index is 1280. The smallest absolute Gasteiger partial charge is 0.339 e. The number of rotatable bonds is 8. The molecule has 0 radical (unpaired) electrons. The van der Waals surface area contributed by atoms with Gasteiger partial charge in [0.15, 0.2) is 0 Å². The average Bonchev–Trinajstić information content (AvgIpc) is 3.16. The zero-order valence-corrected chi connectivity index (χ0v) is 19.5. The molecular formula is C26H31NO6. The van der Waals surface area contributed by atoms with Crippen molar-refractivity contribution in [2.24, 2.45) is 0 Å². The minimum Gasteiger partial charge on any atom is -0.480 e. The number of furan rings is 1. The lowest BCUT2D eigenvalue weighted by molar-refractivity contribution is -0.142. The van der Waals surface area contributed by atoms with E-state index < -0.39 is 17.6 Å². The highest BCUT2D eigenvalue weighted by Gasteiger charge is 2.24. The molecule has 0 spiro atoms. The number of carboxylic acid groups (broad SMARTS) is 1. The maximum absolute atomic E-state index is 12.8. The number of fused-ring (bicyclic) bond motifs is 4. The number of unbranched alkanes of at least 4 members (excludes halogenated alkanes) is 1. The summed E-state index contributed by atoms with van der Waals surface area (Å²) in [5.41, 5.74) is 4.17. The Kier molecular flexibility index (Phi) is 6.58. The van der Waals surface area contributed by atoms with E-state index in [0.29, 0.717) is 17.6 Å². The number of benzene rings is 1. The van der Waals surface area contributed by atoms with Crippen molar-refractivity contribution in [3.05, 3.63) is 44.5 Å². The molecule has 0 saturated heterocycles. The Labute approximate surface area is 192 Å². The summed E-state index contributed by atoms with van der Waals surface area (Å²) >= 11 is 0. The SMILES string of the molecule is CCCC[C@@H](NC(=O)CCc1c(C)c2cc3c4c(oc3c(C)c2oc1=O)CCCC4)C(=O)O. The van der Waals surface area contributed by atoms with Gasteiger partial charge >= 0.3 is 11.6 Å². The third kappa shape index (κ3) is 4.41. The molecule has 7 heteroatoms. The van der Waals surface area contributed by atoms with E-state index in [1.54, 1.807) is 0 Å². The molecule has 1 aliphatic carbocycles. The fourth-order valence-corrected chi connectivity index (χ4v) is 4.88. The van der Waals surface area contributed by atoms with Gasteiger partial charge in [-0.05, 0) is 57.6 Å². The van der Waals surface area contributed by atoms with E-state index in [1.807, 2.05) is 20.8 Å². The van der Waals surface area contributed by atoms with Crippen LogP contribution in [0.1, 0.15) is 73.5 Å². The largest absolute Gasteiger partial charge is 0.480 e. The Morgan fingerprint density at radius 3 is 2.55 bits per heavy atom. The van der Waals surface area contributed by atoms with Crippen molar-refractivity contribution >= 4 is 33.8 Å². The zero-order chi connectivity index (χ0) is 23.7. The van der Waals surface area contributed by atoms with Gasteiger partial charge in [0.1, 0.15) is 23.0 Å². The van der Waals surface area contributed by atoms with E-state index >= 15 is 0 Å². The molecule has 0 aliphatic heterocycles. The first-order valence-electron chi connectivity index (χ1n) is 11.8. The van der Waals surface area contributed by atoms with Crippen molar-refractivity contribution in [3.8, 4) is 0 Å². The Balaban J connectivity index is 1.63. The van der Waals surface area contributed by atoms with E-state index in [9.17, 15) is 19.5 Å². The molecule has 2 N–H and O–H groups in total. The standard InChI is InChI=1S/C26H31NO6/c1-4-5-9-20(25(29)30)27-22(28)12-11-16-14(2)18-13-19-17-8-6-7-10-21(17)32-24(19)15(3)23(18)33-26(16)31/h13,20H,4-12H2,1-3H3,(H,27,28)(H,29,30)/t20-/m1/s1. The second-order valence-corrected chi connectivity index (χ2v) is 9.06. The Hall–Kier alpha value is -3.09. The van der Waals surface area contributed by atoms with Gasteiger partial charge in [0.05, 0.1) is 0 Å². The quantitative estimate of drug-likeness (QED) is 0.477. The number of carbonyl (C=O) groups is 2. The van der Waals surface area contributed by atoms with Gasteiger partial charge in [0.2, 0.25) is 5.91 Å². The second kappa shape index (κ2) is 9.41. The molecule has 0 bridgehead atoms. The van der Waals surface area contributed by atoms with Crippen LogP contribution in [0.25, 0.3) is 21.9 Å². The number of aliphatic carboxylic acids is 1. The van der Waals surface area contributed by atoms with E-state index in [0.717, 1.165) is 71.8 Å². The van der Waals surface area contributed by atoms with Crippen LogP contribution in [0.2, 0.25) is 0 Å². The summed E-state index contributed by atoms with van der Waals surface area (Å²) in [4.78, 5) is 36.6. The lowest BCUT2D eigenvalue weighted by Gasteiger charge is -2.14. The van der Waals surface area contributed by atoms with Gasteiger partial charge in [-0.3, -0.25) is 4.79 Å². The summed E-state index contributed by atoms with van der Waals surface area (Å²) in [5.74, 6) is -0.392. The normalized spacial score (nSPS) is 14.4. The molecule has 1 amide bonds. The molecule has 0 unspecified atom stereocenters. The van der Waals surface area contributed by atoms with E-state index in [1.165, 1.54) is 5.56 Å². The highest BCUT2D eigenvalue weighted by Crippen LogP contribution is 2.37. The predicted octanol–water partition coefficient (Wildman–Crippen LogP) is 4.73. The van der Waals surface area contributed by atoms with E-state index in [2.05, 4.69) is 11.4 Å². The van der Waals surface area contributed by atoms with Crippen LogP contribution in [0, 0.1) is 13.8 Å². The number of nitrogens with one attached hydrogen (secondary N) is 1. The van der Waals surface area contributed by atoms with Gasteiger partial charge in [-0.25, -0.2) is 9.59 Å². The Morgan fingerprint density at radius 1 is 1.09 bits per heavy atom. The molecule has 4 rings (SSSR count). The molecule has 3 aromatic rings. The molecule has 1 atom stereocenters. The zero-order valence-electron chi connectivity index (χ0n) is 19.5. The van der Waals surface area contributed by atoms with Gasteiger partial charge < -0.3 is 19.3 Å². The van der Waals surface area contributed by atoms with Gasteiger partial charge in [0.25, 0.3) is 0 Å². The van der Waals surface area contributed by atoms with Gasteiger partial charge in [0, 0.05) is 40.3 Å². The molecular weight excluding hydrogens is 422 g/mol. The van der Waals surface area contributed by atoms with Gasteiger partial charge in [-0.15, -0.1) is 0 Å². The molecule has 2 aromatic heterocycles. The van der Waals surface area contributed by atoms with E-state index in [4.69, 9.17) is 8.83 Å². The highest BCUT2D eigenvalue weighted by molar-refractivity contribution is 6.00. The Morgan fingerprint density at radius 2 is 1.82 bits per heavy atom. The summed E-state index contributed by atoms with van der Waals surface area (Å²) in [6.07, 6.45) is 6.34. The summed E-state index contributed by atoms with van der Waals surface area (Å²) in [7, 11) is 0. The van der Waals surface area contributed by atoms with Crippen LogP contribution in [0.3, 0.4) is 0 Å². The number of carboxylic acids is 1. The van der Waals surface area contributed by atoms with Crippen molar-refractivity contribution < 1.29 is 23.5 Å². The third-order valence-corrected chi connectivity index (χ3v) is 6.81. The van der Waals surface area contributed by atoms with Crippen LogP contribution in [-0.2, 0) is 28.9 Å². The van der Waals surface area contributed by atoms with Crippen LogP contribution in [0.15, 0.2) is 19.7 Å². The molecule has 176 valence electrons. The monoisotopic (exact) mass is 453 g/mol.